The second-order valence-corrected chi connectivity index (χ2v) is 7.16. The van der Waals surface area contributed by atoms with Crippen LogP contribution in [-0.2, 0) is 9.59 Å². The number of halogens is 2. The molecule has 1 fully saturated rings. The number of carbonyl (C=O) groups excluding carboxylic acids is 2. The number of rotatable bonds is 5. The minimum absolute atomic E-state index is 0.0386. The quantitative estimate of drug-likeness (QED) is 0.800. The van der Waals surface area contributed by atoms with Crippen molar-refractivity contribution >= 4 is 27.7 Å². The maximum absolute atomic E-state index is 13.1. The van der Waals surface area contributed by atoms with E-state index in [0.29, 0.717) is 5.56 Å². The molecule has 0 heterocycles. The van der Waals surface area contributed by atoms with Crippen molar-refractivity contribution in [3.05, 3.63) is 69.9 Å². The Morgan fingerprint density at radius 2 is 1.88 bits per heavy atom. The number of hydrogen-bond donors (Lipinski definition) is 2. The molecule has 0 radical (unpaired) electrons. The summed E-state index contributed by atoms with van der Waals surface area (Å²) in [5.74, 6) is -1.31. The molecule has 0 bridgehead atoms. The molecule has 3 N–H and O–H groups in total. The molecule has 3 unspecified atom stereocenters. The second kappa shape index (κ2) is 7.35. The third-order valence-corrected chi connectivity index (χ3v) is 5.16. The van der Waals surface area contributed by atoms with Crippen molar-refractivity contribution in [3.8, 4) is 0 Å². The van der Waals surface area contributed by atoms with E-state index in [9.17, 15) is 14.0 Å². The van der Waals surface area contributed by atoms with Gasteiger partial charge < -0.3 is 11.1 Å². The number of carbonyl (C=O) groups is 2. The lowest BCUT2D eigenvalue weighted by molar-refractivity contribution is -0.132. The Kier molecular flexibility index (Phi) is 5.18. The molecule has 0 saturated heterocycles. The molecular formula is C19H18BrFN2O2. The minimum Gasteiger partial charge on any atom is -0.368 e. The normalized spacial score (nSPS) is 20.4. The first kappa shape index (κ1) is 17.6. The molecule has 0 aromatic heterocycles. The lowest BCUT2D eigenvalue weighted by Gasteiger charge is -2.36. The summed E-state index contributed by atoms with van der Waals surface area (Å²) in [4.78, 5) is 24.5. The van der Waals surface area contributed by atoms with Crippen LogP contribution >= 0.6 is 15.9 Å². The summed E-state index contributed by atoms with van der Waals surface area (Å²) in [6, 6.07) is 12.5. The van der Waals surface area contributed by atoms with Crippen LogP contribution in [0, 0.1) is 11.7 Å². The summed E-state index contributed by atoms with van der Waals surface area (Å²) in [5.41, 5.74) is 7.05. The monoisotopic (exact) mass is 404 g/mol. The molecule has 1 saturated carbocycles. The molecule has 0 aliphatic heterocycles. The van der Waals surface area contributed by atoms with E-state index in [1.54, 1.807) is 30.3 Å². The zero-order valence-corrected chi connectivity index (χ0v) is 15.0. The zero-order chi connectivity index (χ0) is 18.0. The summed E-state index contributed by atoms with van der Waals surface area (Å²) < 4.78 is 13.9. The van der Waals surface area contributed by atoms with Crippen molar-refractivity contribution in [3.63, 3.8) is 0 Å². The molecule has 6 heteroatoms. The average molecular weight is 405 g/mol. The van der Waals surface area contributed by atoms with Gasteiger partial charge in [0.15, 0.2) is 0 Å². The maximum atomic E-state index is 13.1. The Balaban J connectivity index is 1.73. The van der Waals surface area contributed by atoms with Gasteiger partial charge in [0.25, 0.3) is 0 Å². The van der Waals surface area contributed by atoms with Gasteiger partial charge in [-0.2, -0.15) is 0 Å². The van der Waals surface area contributed by atoms with Gasteiger partial charge in [0.1, 0.15) is 11.9 Å². The molecule has 1 aliphatic carbocycles. The third kappa shape index (κ3) is 3.90. The Labute approximate surface area is 153 Å². The highest BCUT2D eigenvalue weighted by Crippen LogP contribution is 2.42. The molecule has 3 atom stereocenters. The van der Waals surface area contributed by atoms with E-state index in [-0.39, 0.29) is 23.6 Å². The fourth-order valence-corrected chi connectivity index (χ4v) is 3.59. The minimum atomic E-state index is -0.875. The van der Waals surface area contributed by atoms with Crippen LogP contribution in [0.25, 0.3) is 0 Å². The molecule has 2 aromatic carbocycles. The highest BCUT2D eigenvalue weighted by atomic mass is 79.9. The summed E-state index contributed by atoms with van der Waals surface area (Å²) >= 11 is 3.35. The topological polar surface area (TPSA) is 72.2 Å². The van der Waals surface area contributed by atoms with Gasteiger partial charge in [0, 0.05) is 10.4 Å². The third-order valence-electron chi connectivity index (χ3n) is 4.66. The van der Waals surface area contributed by atoms with Crippen LogP contribution in [0.4, 0.5) is 4.39 Å². The Morgan fingerprint density at radius 1 is 1.16 bits per heavy atom. The van der Waals surface area contributed by atoms with E-state index in [1.807, 2.05) is 6.07 Å². The van der Waals surface area contributed by atoms with Crippen molar-refractivity contribution in [1.29, 1.82) is 0 Å². The first-order chi connectivity index (χ1) is 12.0. The average Bonchev–Trinajstić information content (AvgIpc) is 2.53. The number of nitrogens with one attached hydrogen (secondary N) is 1. The highest BCUT2D eigenvalue weighted by Gasteiger charge is 2.38. The number of primary amides is 1. The largest absolute Gasteiger partial charge is 0.368 e. The summed E-state index contributed by atoms with van der Waals surface area (Å²) in [5, 5.41) is 2.76. The van der Waals surface area contributed by atoms with Gasteiger partial charge in [-0.1, -0.05) is 40.2 Å². The fourth-order valence-electron chi connectivity index (χ4n) is 3.18. The Hall–Kier alpha value is -2.21. The molecule has 2 aromatic rings. The summed E-state index contributed by atoms with van der Waals surface area (Å²) in [7, 11) is 0. The van der Waals surface area contributed by atoms with Gasteiger partial charge in [0.05, 0.1) is 0 Å². The molecule has 4 nitrogen and oxygen atoms in total. The van der Waals surface area contributed by atoms with E-state index >= 15 is 0 Å². The first-order valence-electron chi connectivity index (χ1n) is 8.06. The van der Waals surface area contributed by atoms with Gasteiger partial charge in [-0.25, -0.2) is 4.39 Å². The van der Waals surface area contributed by atoms with Crippen LogP contribution in [0.3, 0.4) is 0 Å². The molecule has 2 amide bonds. The van der Waals surface area contributed by atoms with Crippen LogP contribution < -0.4 is 11.1 Å². The van der Waals surface area contributed by atoms with Gasteiger partial charge >= 0.3 is 0 Å². The fraction of sp³-hybridized carbons (Fsp3) is 0.263. The standard InChI is InChI=1S/C19H18BrFN2O2/c20-13-3-1-2-12(10-13)17(18(22)24)23-19(25)16-9-8-15(16)11-4-6-14(21)7-5-11/h1-7,10,15-17H,8-9H2,(H2,22,24)(H,23,25). The zero-order valence-electron chi connectivity index (χ0n) is 13.4. The SMILES string of the molecule is NC(=O)C(NC(=O)C1CCC1c1ccc(F)cc1)c1cccc(Br)c1. The van der Waals surface area contributed by atoms with E-state index < -0.39 is 11.9 Å². The number of benzene rings is 2. The van der Waals surface area contributed by atoms with Crippen molar-refractivity contribution in [2.24, 2.45) is 11.7 Å². The molecule has 25 heavy (non-hydrogen) atoms. The van der Waals surface area contributed by atoms with Crippen molar-refractivity contribution in [2.45, 2.75) is 24.8 Å². The molecule has 130 valence electrons. The van der Waals surface area contributed by atoms with Crippen LogP contribution in [0.5, 0.6) is 0 Å². The highest BCUT2D eigenvalue weighted by molar-refractivity contribution is 9.10. The van der Waals surface area contributed by atoms with Gasteiger partial charge in [-0.05, 0) is 54.2 Å². The second-order valence-electron chi connectivity index (χ2n) is 6.24. The summed E-state index contributed by atoms with van der Waals surface area (Å²) in [6.07, 6.45) is 1.60. The smallest absolute Gasteiger partial charge is 0.244 e. The lowest BCUT2D eigenvalue weighted by Crippen LogP contribution is -2.44. The molecular weight excluding hydrogens is 387 g/mol. The molecule has 0 spiro atoms. The Bertz CT molecular complexity index is 794. The van der Waals surface area contributed by atoms with Crippen molar-refractivity contribution < 1.29 is 14.0 Å². The van der Waals surface area contributed by atoms with Gasteiger partial charge in [-0.3, -0.25) is 9.59 Å². The summed E-state index contributed by atoms with van der Waals surface area (Å²) in [6.45, 7) is 0. The van der Waals surface area contributed by atoms with Crippen molar-refractivity contribution in [2.75, 3.05) is 0 Å². The van der Waals surface area contributed by atoms with Crippen LogP contribution in [-0.4, -0.2) is 11.8 Å². The maximum Gasteiger partial charge on any atom is 0.244 e. The van der Waals surface area contributed by atoms with Crippen LogP contribution in [0.1, 0.15) is 35.9 Å². The van der Waals surface area contributed by atoms with E-state index in [0.717, 1.165) is 22.9 Å². The lowest BCUT2D eigenvalue weighted by atomic mass is 9.69. The van der Waals surface area contributed by atoms with E-state index in [1.165, 1.54) is 12.1 Å². The first-order valence-corrected chi connectivity index (χ1v) is 8.85. The van der Waals surface area contributed by atoms with Crippen LogP contribution in [0.2, 0.25) is 0 Å². The number of amides is 2. The van der Waals surface area contributed by atoms with Gasteiger partial charge in [-0.15, -0.1) is 0 Å². The van der Waals surface area contributed by atoms with Crippen molar-refractivity contribution in [1.82, 2.24) is 5.32 Å². The molecule has 1 aliphatic rings. The number of hydrogen-bond acceptors (Lipinski definition) is 2. The Morgan fingerprint density at radius 3 is 2.44 bits per heavy atom. The number of nitrogens with two attached hydrogens (primary N) is 1. The predicted octanol–water partition coefficient (Wildman–Crippen LogP) is 3.42. The van der Waals surface area contributed by atoms with E-state index in [2.05, 4.69) is 21.2 Å². The molecule has 3 rings (SSSR count). The predicted molar refractivity (Wildman–Crippen MR) is 96.1 cm³/mol. The van der Waals surface area contributed by atoms with E-state index in [4.69, 9.17) is 5.73 Å². The van der Waals surface area contributed by atoms with Crippen LogP contribution in [0.15, 0.2) is 53.0 Å². The van der Waals surface area contributed by atoms with Gasteiger partial charge in [0.2, 0.25) is 11.8 Å².